The van der Waals surface area contributed by atoms with Crippen LogP contribution in [-0.2, 0) is 40.5 Å². The predicted octanol–water partition coefficient (Wildman–Crippen LogP) is 7.15. The molecule has 0 atom stereocenters. The Balaban J connectivity index is 1.33. The number of fused-ring (bicyclic) bond motifs is 2. The topological polar surface area (TPSA) is 319 Å². The van der Waals surface area contributed by atoms with E-state index >= 15 is 0 Å². The summed E-state index contributed by atoms with van der Waals surface area (Å²) in [5, 5.41) is 17.7. The van der Waals surface area contributed by atoms with Gasteiger partial charge >= 0.3 is 0 Å². The molecular weight excluding hydrogens is 813 g/mol. The molecule has 6 aromatic carbocycles. The lowest BCUT2D eigenvalue weighted by molar-refractivity contribution is 0.480. The number of benzene rings is 6. The van der Waals surface area contributed by atoms with Gasteiger partial charge in [0.25, 0.3) is 40.5 Å². The molecule has 0 aliphatic heterocycles. The Kier molecular flexibility index (Phi) is 10.3. The van der Waals surface area contributed by atoms with Crippen molar-refractivity contribution in [3.63, 3.8) is 0 Å². The third-order valence-electron chi connectivity index (χ3n) is 8.11. The predicted molar refractivity (Wildman–Crippen MR) is 206 cm³/mol. The van der Waals surface area contributed by atoms with Crippen molar-refractivity contribution in [2.45, 2.75) is 19.6 Å². The van der Waals surface area contributed by atoms with Crippen LogP contribution in [-0.4, -0.2) is 51.9 Å². The fraction of sp³-hybridized carbons (Fsp3) is 0. The lowest BCUT2D eigenvalue weighted by atomic mass is 10.1. The zero-order valence-electron chi connectivity index (χ0n) is 28.0. The molecule has 288 valence electrons. The van der Waals surface area contributed by atoms with E-state index in [4.69, 9.17) is 11.5 Å². The van der Waals surface area contributed by atoms with Gasteiger partial charge in [-0.25, -0.2) is 0 Å². The van der Waals surface area contributed by atoms with Gasteiger partial charge in [0, 0.05) is 10.8 Å². The number of hydrogen-bond acceptors (Lipinski definition) is 14. The Morgan fingerprint density at radius 3 is 1.14 bits per heavy atom. The van der Waals surface area contributed by atoms with Gasteiger partial charge in [-0.2, -0.15) is 43.9 Å². The summed E-state index contributed by atoms with van der Waals surface area (Å²) in [5.74, 6) is 0. The molecule has 6 rings (SSSR count). The van der Waals surface area contributed by atoms with E-state index in [0.717, 1.165) is 36.4 Å². The third kappa shape index (κ3) is 8.61. The molecule has 0 spiro atoms. The van der Waals surface area contributed by atoms with Crippen LogP contribution in [0.2, 0.25) is 0 Å². The van der Waals surface area contributed by atoms with E-state index in [2.05, 4.69) is 20.5 Å². The molecule has 0 aliphatic carbocycles. The molecule has 0 unspecified atom stereocenters. The van der Waals surface area contributed by atoms with Gasteiger partial charge in [0.05, 0.1) is 32.5 Å². The van der Waals surface area contributed by atoms with Crippen molar-refractivity contribution >= 4 is 108 Å². The summed E-state index contributed by atoms with van der Waals surface area (Å²) in [6.45, 7) is 0. The second kappa shape index (κ2) is 14.6. The highest BCUT2D eigenvalue weighted by Gasteiger charge is 2.19. The van der Waals surface area contributed by atoms with Gasteiger partial charge in [-0.05, 0) is 82.6 Å². The summed E-state index contributed by atoms with van der Waals surface area (Å²) in [6, 6.07) is 20.3. The number of nitrogens with two attached hydrogens (primary N) is 2. The first-order valence-electron chi connectivity index (χ1n) is 15.4. The molecule has 0 saturated heterocycles. The van der Waals surface area contributed by atoms with Crippen LogP contribution >= 0.6 is 0 Å². The number of nitrogen functional groups attached to an aromatic ring is 2. The van der Waals surface area contributed by atoms with Gasteiger partial charge in [-0.3, -0.25) is 18.2 Å². The summed E-state index contributed by atoms with van der Waals surface area (Å²) in [6.07, 6.45) is 2.31. The second-order valence-corrected chi connectivity index (χ2v) is 17.5. The molecule has 8 N–H and O–H groups in total. The molecule has 56 heavy (non-hydrogen) atoms. The zero-order valence-corrected chi connectivity index (χ0v) is 31.3. The number of hydrogen-bond donors (Lipinski definition) is 6. The van der Waals surface area contributed by atoms with Gasteiger partial charge in [-0.1, -0.05) is 48.6 Å². The molecule has 22 heteroatoms. The molecule has 0 aliphatic rings. The molecule has 0 bridgehead atoms. The van der Waals surface area contributed by atoms with Crippen LogP contribution < -0.4 is 11.5 Å². The van der Waals surface area contributed by atoms with Crippen LogP contribution in [0.5, 0.6) is 0 Å². The normalized spacial score (nSPS) is 13.1. The molecule has 6 aromatic rings. The minimum Gasteiger partial charge on any atom is -0.397 e. The molecule has 0 radical (unpaired) electrons. The smallest absolute Gasteiger partial charge is 0.295 e. The summed E-state index contributed by atoms with van der Waals surface area (Å²) in [7, 11) is -18.8. The highest BCUT2D eigenvalue weighted by Crippen LogP contribution is 2.37. The third-order valence-corrected chi connectivity index (χ3v) is 11.6. The summed E-state index contributed by atoms with van der Waals surface area (Å²) >= 11 is 0. The Morgan fingerprint density at radius 2 is 0.804 bits per heavy atom. The maximum Gasteiger partial charge on any atom is 0.295 e. The van der Waals surface area contributed by atoms with Crippen LogP contribution in [0.4, 0.5) is 34.1 Å². The fourth-order valence-corrected chi connectivity index (χ4v) is 7.89. The van der Waals surface area contributed by atoms with Gasteiger partial charge in [-0.15, -0.1) is 10.2 Å². The van der Waals surface area contributed by atoms with Crippen LogP contribution in [0.3, 0.4) is 0 Å². The first-order valence-corrected chi connectivity index (χ1v) is 21.2. The Bertz CT molecular complexity index is 2960. The van der Waals surface area contributed by atoms with Crippen molar-refractivity contribution in [1.82, 2.24) is 0 Å². The van der Waals surface area contributed by atoms with Gasteiger partial charge in [0.2, 0.25) is 0 Å². The minimum atomic E-state index is -4.92. The number of nitrogens with zero attached hydrogens (tertiary/aromatic N) is 4. The van der Waals surface area contributed by atoms with Crippen molar-refractivity contribution < 1.29 is 51.9 Å². The van der Waals surface area contributed by atoms with E-state index in [1.54, 1.807) is 0 Å². The maximum absolute atomic E-state index is 12.4. The van der Waals surface area contributed by atoms with Gasteiger partial charge in [0.15, 0.2) is 0 Å². The van der Waals surface area contributed by atoms with Crippen molar-refractivity contribution in [2.24, 2.45) is 20.5 Å². The molecule has 0 heterocycles. The van der Waals surface area contributed by atoms with Crippen molar-refractivity contribution in [3.8, 4) is 0 Å². The maximum atomic E-state index is 12.4. The molecular formula is C34H26N6O12S4. The average molecular weight is 839 g/mol. The van der Waals surface area contributed by atoms with E-state index in [-0.39, 0.29) is 55.0 Å². The fourth-order valence-electron chi connectivity index (χ4n) is 5.45. The number of rotatable bonds is 10. The lowest BCUT2D eigenvalue weighted by Gasteiger charge is -2.08. The summed E-state index contributed by atoms with van der Waals surface area (Å²) < 4.78 is 135. The van der Waals surface area contributed by atoms with Gasteiger partial charge < -0.3 is 11.5 Å². The Morgan fingerprint density at radius 1 is 0.429 bits per heavy atom. The van der Waals surface area contributed by atoms with Crippen LogP contribution in [0.25, 0.3) is 33.7 Å². The Labute approximate surface area is 318 Å². The molecule has 0 fully saturated rings. The SMILES string of the molecule is Nc1ccc2cc(S(=O)(=O)O)ccc2c1N=Nc1ccc(/C=C/c2ccc(N=Nc3c(N)ccc4cc(S(=O)(=O)O)ccc34)cc2S(=O)(=O)O)c(S(=O)(=O)O)c1. The number of azo groups is 2. The van der Waals surface area contributed by atoms with Crippen molar-refractivity contribution in [2.75, 3.05) is 11.5 Å². The molecule has 0 saturated carbocycles. The first-order chi connectivity index (χ1) is 26.1. The van der Waals surface area contributed by atoms with Crippen molar-refractivity contribution in [1.29, 1.82) is 0 Å². The lowest BCUT2D eigenvalue weighted by Crippen LogP contribution is -2.01. The van der Waals surface area contributed by atoms with Crippen LogP contribution in [0.1, 0.15) is 11.1 Å². The molecule has 0 amide bonds. The van der Waals surface area contributed by atoms with E-state index in [0.29, 0.717) is 21.5 Å². The number of anilines is 2. The standard InChI is InChI=1S/C34H26N6O12S4/c35-29-13-5-21-15-25(53(41,42)43)9-11-27(21)33(29)39-37-23-7-3-19(31(17-23)55(47,48)49)1-2-20-4-8-24(18-32(20)56(50,51)52)38-40-34-28-12-10-26(54(44,45)46)16-22(28)6-14-30(34)36/h1-18H,35-36H2,(H,41,42,43)(H,44,45,46)(H,47,48,49)(H,50,51,52)/b2-1+,39-37?,40-38?. The minimum absolute atomic E-state index is 0.0697. The highest BCUT2D eigenvalue weighted by molar-refractivity contribution is 7.86. The largest absolute Gasteiger partial charge is 0.397 e. The van der Waals surface area contributed by atoms with E-state index in [1.165, 1.54) is 72.8 Å². The monoisotopic (exact) mass is 838 g/mol. The quantitative estimate of drug-likeness (QED) is 0.0345. The van der Waals surface area contributed by atoms with E-state index in [9.17, 15) is 51.9 Å². The van der Waals surface area contributed by atoms with E-state index < -0.39 is 50.3 Å². The van der Waals surface area contributed by atoms with Crippen molar-refractivity contribution in [3.05, 3.63) is 108 Å². The van der Waals surface area contributed by atoms with Gasteiger partial charge in [0.1, 0.15) is 21.2 Å². The first kappa shape index (κ1) is 39.7. The second-order valence-electron chi connectivity index (χ2n) is 11.9. The van der Waals surface area contributed by atoms with E-state index in [1.807, 2.05) is 0 Å². The highest BCUT2D eigenvalue weighted by atomic mass is 32.2. The summed E-state index contributed by atoms with van der Waals surface area (Å²) in [4.78, 5) is -2.03. The van der Waals surface area contributed by atoms with Crippen LogP contribution in [0, 0.1) is 0 Å². The van der Waals surface area contributed by atoms with Crippen LogP contribution in [0.15, 0.2) is 137 Å². The molecule has 0 aromatic heterocycles. The molecule has 18 nitrogen and oxygen atoms in total. The average Bonchev–Trinajstić information content (AvgIpc) is 3.11. The Hall–Kier alpha value is -5.98. The zero-order chi connectivity index (χ0) is 40.8. The summed E-state index contributed by atoms with van der Waals surface area (Å²) in [5.41, 5.74) is 12.2.